The van der Waals surface area contributed by atoms with Crippen LogP contribution in [0, 0.1) is 5.82 Å². The van der Waals surface area contributed by atoms with Crippen LogP contribution in [0.1, 0.15) is 37.9 Å². The average Bonchev–Trinajstić information content (AvgIpc) is 2.96. The summed E-state index contributed by atoms with van der Waals surface area (Å²) in [4.78, 5) is 6.40. The van der Waals surface area contributed by atoms with Gasteiger partial charge in [-0.2, -0.15) is 5.10 Å². The summed E-state index contributed by atoms with van der Waals surface area (Å²) < 4.78 is 20.9. The monoisotopic (exact) mass is 503 g/mol. The molecule has 0 saturated heterocycles. The first-order valence-electron chi connectivity index (χ1n) is 9.16. The number of hydrogen-bond acceptors (Lipinski definition) is 3. The highest BCUT2D eigenvalue weighted by molar-refractivity contribution is 14.0. The van der Waals surface area contributed by atoms with Crippen LogP contribution in [0.4, 0.5) is 4.39 Å². The Hall–Kier alpha value is -1.84. The second-order valence-electron chi connectivity index (χ2n) is 7.04. The van der Waals surface area contributed by atoms with Gasteiger partial charge in [-0.15, -0.1) is 24.0 Å². The summed E-state index contributed by atoms with van der Waals surface area (Å²) in [6.07, 6.45) is 1.91. The lowest BCUT2D eigenvalue weighted by Crippen LogP contribution is -2.42. The number of ether oxygens (including phenoxy) is 1. The molecule has 2 aromatic rings. The molecule has 2 rings (SSSR count). The Morgan fingerprint density at radius 3 is 2.68 bits per heavy atom. The third kappa shape index (κ3) is 6.96. The molecular weight excluding hydrogens is 472 g/mol. The van der Waals surface area contributed by atoms with Crippen LogP contribution in [-0.4, -0.2) is 47.4 Å². The molecule has 0 aliphatic heterocycles. The number of benzene rings is 1. The standard InChI is InChI=1S/C20H30FN5O.HI/c1-14(2)19-16(13-26(6)24-19)12-25(5)20(22-4)23-11-15(3)27-18-9-7-8-17(21)10-18;/h7-10,13-15H,11-12H2,1-6H3,(H,22,23);1H. The van der Waals surface area contributed by atoms with E-state index in [1.807, 2.05) is 25.7 Å². The molecule has 0 fully saturated rings. The molecule has 1 aromatic heterocycles. The van der Waals surface area contributed by atoms with Crippen LogP contribution in [-0.2, 0) is 13.6 Å². The van der Waals surface area contributed by atoms with Crippen LogP contribution in [0.5, 0.6) is 5.75 Å². The number of aryl methyl sites for hydroxylation is 1. The molecule has 1 N–H and O–H groups in total. The van der Waals surface area contributed by atoms with Gasteiger partial charge >= 0.3 is 0 Å². The van der Waals surface area contributed by atoms with Crippen molar-refractivity contribution in [2.45, 2.75) is 39.3 Å². The van der Waals surface area contributed by atoms with E-state index in [0.29, 0.717) is 24.8 Å². The minimum atomic E-state index is -0.305. The fourth-order valence-electron chi connectivity index (χ4n) is 2.93. The second-order valence-corrected chi connectivity index (χ2v) is 7.04. The number of guanidine groups is 1. The highest BCUT2D eigenvalue weighted by Crippen LogP contribution is 2.18. The van der Waals surface area contributed by atoms with Crippen LogP contribution < -0.4 is 10.1 Å². The number of nitrogens with zero attached hydrogens (tertiary/aromatic N) is 4. The van der Waals surface area contributed by atoms with Gasteiger partial charge in [0.25, 0.3) is 0 Å². The van der Waals surface area contributed by atoms with Crippen molar-refractivity contribution < 1.29 is 9.13 Å². The first kappa shape index (κ1) is 24.2. The molecule has 156 valence electrons. The van der Waals surface area contributed by atoms with E-state index in [9.17, 15) is 4.39 Å². The molecule has 8 heteroatoms. The van der Waals surface area contributed by atoms with Crippen LogP contribution >= 0.6 is 24.0 Å². The Balaban J connectivity index is 0.00000392. The van der Waals surface area contributed by atoms with E-state index in [1.54, 1.807) is 19.2 Å². The number of rotatable bonds is 7. The first-order chi connectivity index (χ1) is 12.8. The average molecular weight is 503 g/mol. The quantitative estimate of drug-likeness (QED) is 0.355. The van der Waals surface area contributed by atoms with Gasteiger partial charge in [-0.1, -0.05) is 19.9 Å². The lowest BCUT2D eigenvalue weighted by atomic mass is 10.1. The van der Waals surface area contributed by atoms with Gasteiger partial charge in [0.2, 0.25) is 0 Å². The fourth-order valence-corrected chi connectivity index (χ4v) is 2.93. The number of aromatic nitrogens is 2. The third-order valence-corrected chi connectivity index (χ3v) is 4.15. The van der Waals surface area contributed by atoms with Crippen LogP contribution in [0.25, 0.3) is 0 Å². The molecule has 1 unspecified atom stereocenters. The number of aliphatic imine (C=N–C) groups is 1. The van der Waals surface area contributed by atoms with Crippen LogP contribution in [0.3, 0.4) is 0 Å². The fraction of sp³-hybridized carbons (Fsp3) is 0.500. The van der Waals surface area contributed by atoms with Gasteiger partial charge < -0.3 is 15.0 Å². The zero-order valence-corrected chi connectivity index (χ0v) is 19.8. The van der Waals surface area contributed by atoms with Gasteiger partial charge in [0.05, 0.1) is 12.2 Å². The number of hydrogen-bond donors (Lipinski definition) is 1. The van der Waals surface area contributed by atoms with Crippen molar-refractivity contribution in [2.75, 3.05) is 20.6 Å². The molecule has 1 heterocycles. The third-order valence-electron chi connectivity index (χ3n) is 4.15. The molecular formula is C20H31FIN5O. The largest absolute Gasteiger partial charge is 0.489 e. The van der Waals surface area contributed by atoms with E-state index in [0.717, 1.165) is 11.7 Å². The highest BCUT2D eigenvalue weighted by atomic mass is 127. The Labute approximate surface area is 184 Å². The highest BCUT2D eigenvalue weighted by Gasteiger charge is 2.15. The van der Waals surface area contributed by atoms with E-state index in [1.165, 1.54) is 17.7 Å². The van der Waals surface area contributed by atoms with E-state index in [4.69, 9.17) is 4.74 Å². The molecule has 0 aliphatic rings. The van der Waals surface area contributed by atoms with Crippen LogP contribution in [0.15, 0.2) is 35.5 Å². The SMILES string of the molecule is CN=C(NCC(C)Oc1cccc(F)c1)N(C)Cc1cn(C)nc1C(C)C.I. The maximum atomic E-state index is 13.3. The minimum absolute atomic E-state index is 0. The lowest BCUT2D eigenvalue weighted by Gasteiger charge is -2.24. The molecule has 0 radical (unpaired) electrons. The maximum absolute atomic E-state index is 13.3. The van der Waals surface area contributed by atoms with Crippen molar-refractivity contribution in [1.82, 2.24) is 20.0 Å². The van der Waals surface area contributed by atoms with Crippen molar-refractivity contribution in [3.8, 4) is 5.75 Å². The Morgan fingerprint density at radius 2 is 2.07 bits per heavy atom. The Bertz CT molecular complexity index is 778. The van der Waals surface area contributed by atoms with Crippen molar-refractivity contribution in [1.29, 1.82) is 0 Å². The molecule has 6 nitrogen and oxygen atoms in total. The van der Waals surface area contributed by atoms with Gasteiger partial charge in [0.15, 0.2) is 5.96 Å². The number of nitrogens with one attached hydrogen (secondary N) is 1. The first-order valence-corrected chi connectivity index (χ1v) is 9.16. The zero-order valence-electron chi connectivity index (χ0n) is 17.4. The molecule has 0 bridgehead atoms. The van der Waals surface area contributed by atoms with Gasteiger partial charge in [0, 0.05) is 45.5 Å². The maximum Gasteiger partial charge on any atom is 0.193 e. The van der Waals surface area contributed by atoms with Gasteiger partial charge in [-0.3, -0.25) is 9.67 Å². The van der Waals surface area contributed by atoms with Crippen molar-refractivity contribution >= 4 is 29.9 Å². The van der Waals surface area contributed by atoms with Gasteiger partial charge in [-0.05, 0) is 25.0 Å². The Morgan fingerprint density at radius 1 is 1.36 bits per heavy atom. The normalized spacial score (nSPS) is 12.5. The summed E-state index contributed by atoms with van der Waals surface area (Å²) in [6, 6.07) is 6.16. The predicted molar refractivity (Wildman–Crippen MR) is 122 cm³/mol. The summed E-state index contributed by atoms with van der Waals surface area (Å²) >= 11 is 0. The van der Waals surface area contributed by atoms with Crippen LogP contribution in [0.2, 0.25) is 0 Å². The predicted octanol–water partition coefficient (Wildman–Crippen LogP) is 3.78. The second kappa shape index (κ2) is 11.2. The molecule has 1 aromatic carbocycles. The zero-order chi connectivity index (χ0) is 20.0. The summed E-state index contributed by atoms with van der Waals surface area (Å²) in [5.41, 5.74) is 2.28. The molecule has 28 heavy (non-hydrogen) atoms. The molecule has 0 aliphatic carbocycles. The molecule has 0 spiro atoms. The molecule has 0 amide bonds. The topological polar surface area (TPSA) is 54.7 Å². The van der Waals surface area contributed by atoms with Crippen molar-refractivity contribution in [3.63, 3.8) is 0 Å². The summed E-state index contributed by atoms with van der Waals surface area (Å²) in [5, 5.41) is 7.87. The number of halogens is 2. The smallest absolute Gasteiger partial charge is 0.193 e. The lowest BCUT2D eigenvalue weighted by molar-refractivity contribution is 0.221. The summed E-state index contributed by atoms with van der Waals surface area (Å²) in [6.45, 7) is 7.48. The Kier molecular flexibility index (Phi) is 9.71. The van der Waals surface area contributed by atoms with Crippen molar-refractivity contribution in [3.05, 3.63) is 47.5 Å². The van der Waals surface area contributed by atoms with E-state index < -0.39 is 0 Å². The van der Waals surface area contributed by atoms with Gasteiger partial charge in [0.1, 0.15) is 17.7 Å². The minimum Gasteiger partial charge on any atom is -0.489 e. The van der Waals surface area contributed by atoms with E-state index in [2.05, 4.69) is 40.4 Å². The molecule has 1 atom stereocenters. The van der Waals surface area contributed by atoms with Gasteiger partial charge in [-0.25, -0.2) is 4.39 Å². The summed E-state index contributed by atoms with van der Waals surface area (Å²) in [7, 11) is 5.68. The van der Waals surface area contributed by atoms with Crippen molar-refractivity contribution in [2.24, 2.45) is 12.0 Å². The summed E-state index contributed by atoms with van der Waals surface area (Å²) in [5.74, 6) is 1.35. The van der Waals surface area contributed by atoms with E-state index >= 15 is 0 Å². The molecule has 0 saturated carbocycles. The van der Waals surface area contributed by atoms with E-state index in [-0.39, 0.29) is 35.9 Å².